The third-order valence-electron chi connectivity index (χ3n) is 2.35. The Kier molecular flexibility index (Phi) is 5.91. The lowest BCUT2D eigenvalue weighted by atomic mass is 10.1. The van der Waals surface area contributed by atoms with E-state index in [9.17, 15) is 0 Å². The minimum atomic E-state index is 0.354. The van der Waals surface area contributed by atoms with Gasteiger partial charge in [-0.2, -0.15) is 11.3 Å². The Morgan fingerprint density at radius 3 is 2.73 bits per heavy atom. The molecular formula is C12H21NOS. The van der Waals surface area contributed by atoms with Crippen molar-refractivity contribution in [3.63, 3.8) is 0 Å². The van der Waals surface area contributed by atoms with Crippen molar-refractivity contribution in [1.82, 2.24) is 5.32 Å². The fourth-order valence-electron chi connectivity index (χ4n) is 1.58. The van der Waals surface area contributed by atoms with Crippen LogP contribution in [0.1, 0.15) is 37.4 Å². The van der Waals surface area contributed by atoms with Crippen LogP contribution in [0.5, 0.6) is 0 Å². The molecule has 0 spiro atoms. The average Bonchev–Trinajstić information content (AvgIpc) is 2.64. The van der Waals surface area contributed by atoms with Gasteiger partial charge in [0, 0.05) is 6.61 Å². The Morgan fingerprint density at radius 1 is 1.40 bits per heavy atom. The zero-order valence-electron chi connectivity index (χ0n) is 9.88. The zero-order valence-corrected chi connectivity index (χ0v) is 10.7. The molecule has 0 bridgehead atoms. The van der Waals surface area contributed by atoms with E-state index in [-0.39, 0.29) is 0 Å². The molecule has 0 aliphatic carbocycles. The van der Waals surface area contributed by atoms with Crippen molar-refractivity contribution < 1.29 is 4.74 Å². The second-order valence-electron chi connectivity index (χ2n) is 3.70. The molecule has 0 amide bonds. The molecule has 1 rings (SSSR count). The van der Waals surface area contributed by atoms with Crippen molar-refractivity contribution >= 4 is 11.3 Å². The van der Waals surface area contributed by atoms with E-state index in [4.69, 9.17) is 4.74 Å². The highest BCUT2D eigenvalue weighted by Crippen LogP contribution is 2.21. The number of hydrogen-bond donors (Lipinski definition) is 1. The minimum Gasteiger partial charge on any atom is -0.379 e. The first-order valence-corrected chi connectivity index (χ1v) is 6.57. The molecule has 0 saturated heterocycles. The first-order chi connectivity index (χ1) is 7.29. The van der Waals surface area contributed by atoms with Gasteiger partial charge in [0.2, 0.25) is 0 Å². The molecule has 15 heavy (non-hydrogen) atoms. The first kappa shape index (κ1) is 12.7. The van der Waals surface area contributed by atoms with Crippen LogP contribution in [0.15, 0.2) is 10.8 Å². The summed E-state index contributed by atoms with van der Waals surface area (Å²) in [7, 11) is 0. The molecule has 0 fully saturated rings. The van der Waals surface area contributed by atoms with Crippen LogP contribution in [0, 0.1) is 6.92 Å². The number of thiophene rings is 1. The van der Waals surface area contributed by atoms with Crippen molar-refractivity contribution in [2.45, 2.75) is 33.2 Å². The third-order valence-corrected chi connectivity index (χ3v) is 3.23. The van der Waals surface area contributed by atoms with Gasteiger partial charge in [-0.15, -0.1) is 0 Å². The molecular weight excluding hydrogens is 206 g/mol. The van der Waals surface area contributed by atoms with E-state index < -0.39 is 0 Å². The SMILES string of the molecule is CCCOCC(NCC)c1cscc1C. The van der Waals surface area contributed by atoms with E-state index >= 15 is 0 Å². The van der Waals surface area contributed by atoms with Crippen molar-refractivity contribution in [3.05, 3.63) is 21.9 Å². The molecule has 0 aliphatic rings. The Bertz CT molecular complexity index is 272. The molecule has 1 aromatic rings. The summed E-state index contributed by atoms with van der Waals surface area (Å²) in [6.07, 6.45) is 1.08. The molecule has 1 N–H and O–H groups in total. The van der Waals surface area contributed by atoms with E-state index in [1.807, 2.05) is 0 Å². The summed E-state index contributed by atoms with van der Waals surface area (Å²) in [6, 6.07) is 0.354. The molecule has 0 radical (unpaired) electrons. The summed E-state index contributed by atoms with van der Waals surface area (Å²) in [5.41, 5.74) is 2.75. The molecule has 0 aromatic carbocycles. The second kappa shape index (κ2) is 6.99. The highest BCUT2D eigenvalue weighted by molar-refractivity contribution is 7.08. The number of ether oxygens (including phenoxy) is 1. The Balaban J connectivity index is 2.53. The monoisotopic (exact) mass is 227 g/mol. The molecule has 1 heterocycles. The number of hydrogen-bond acceptors (Lipinski definition) is 3. The van der Waals surface area contributed by atoms with E-state index in [1.54, 1.807) is 11.3 Å². The number of rotatable bonds is 7. The van der Waals surface area contributed by atoms with Crippen molar-refractivity contribution in [1.29, 1.82) is 0 Å². The first-order valence-electron chi connectivity index (χ1n) is 5.63. The van der Waals surface area contributed by atoms with Gasteiger partial charge in [-0.25, -0.2) is 0 Å². The molecule has 1 atom stereocenters. The van der Waals surface area contributed by atoms with Gasteiger partial charge < -0.3 is 10.1 Å². The highest BCUT2D eigenvalue weighted by Gasteiger charge is 2.13. The average molecular weight is 227 g/mol. The smallest absolute Gasteiger partial charge is 0.0661 e. The van der Waals surface area contributed by atoms with Crippen LogP contribution in [0.25, 0.3) is 0 Å². The fraction of sp³-hybridized carbons (Fsp3) is 0.667. The normalized spacial score (nSPS) is 13.0. The molecule has 1 aromatic heterocycles. The summed E-state index contributed by atoms with van der Waals surface area (Å²) in [5.74, 6) is 0. The summed E-state index contributed by atoms with van der Waals surface area (Å²) < 4.78 is 5.62. The molecule has 2 nitrogen and oxygen atoms in total. The van der Waals surface area contributed by atoms with E-state index in [2.05, 4.69) is 36.8 Å². The maximum Gasteiger partial charge on any atom is 0.0661 e. The van der Waals surface area contributed by atoms with Crippen molar-refractivity contribution in [3.8, 4) is 0 Å². The van der Waals surface area contributed by atoms with Gasteiger partial charge in [-0.05, 0) is 41.8 Å². The van der Waals surface area contributed by atoms with Gasteiger partial charge in [0.25, 0.3) is 0 Å². The van der Waals surface area contributed by atoms with Crippen molar-refractivity contribution in [2.24, 2.45) is 0 Å². The Hall–Kier alpha value is -0.380. The number of likely N-dealkylation sites (N-methyl/N-ethyl adjacent to an activating group) is 1. The summed E-state index contributed by atoms with van der Waals surface area (Å²) >= 11 is 1.76. The van der Waals surface area contributed by atoms with E-state index in [0.717, 1.165) is 26.2 Å². The van der Waals surface area contributed by atoms with Gasteiger partial charge in [0.05, 0.1) is 12.6 Å². The number of aryl methyl sites for hydroxylation is 1. The Labute approximate surface area is 96.7 Å². The molecule has 0 aliphatic heterocycles. The van der Waals surface area contributed by atoms with Crippen LogP contribution < -0.4 is 5.32 Å². The summed E-state index contributed by atoms with van der Waals surface area (Å²) in [5, 5.41) is 7.88. The minimum absolute atomic E-state index is 0.354. The van der Waals surface area contributed by atoms with Crippen LogP contribution in [0.3, 0.4) is 0 Å². The molecule has 3 heteroatoms. The maximum absolute atomic E-state index is 5.62. The molecule has 1 unspecified atom stereocenters. The van der Waals surface area contributed by atoms with Crippen LogP contribution in [0.4, 0.5) is 0 Å². The summed E-state index contributed by atoms with van der Waals surface area (Å²) in [4.78, 5) is 0. The molecule has 0 saturated carbocycles. The topological polar surface area (TPSA) is 21.3 Å². The second-order valence-corrected chi connectivity index (χ2v) is 4.44. The molecule has 86 valence electrons. The standard InChI is InChI=1S/C12H21NOS/c1-4-6-14-7-12(13-5-2)11-9-15-8-10(11)3/h8-9,12-13H,4-7H2,1-3H3. The van der Waals surface area contributed by atoms with E-state index in [0.29, 0.717) is 6.04 Å². The van der Waals surface area contributed by atoms with Gasteiger partial charge in [-0.3, -0.25) is 0 Å². The quantitative estimate of drug-likeness (QED) is 0.723. The van der Waals surface area contributed by atoms with Gasteiger partial charge >= 0.3 is 0 Å². The van der Waals surface area contributed by atoms with Crippen LogP contribution in [-0.4, -0.2) is 19.8 Å². The Morgan fingerprint density at radius 2 is 2.20 bits per heavy atom. The number of nitrogens with one attached hydrogen (secondary N) is 1. The lowest BCUT2D eigenvalue weighted by Crippen LogP contribution is -2.25. The van der Waals surface area contributed by atoms with Gasteiger partial charge in [0.15, 0.2) is 0 Å². The predicted molar refractivity (Wildman–Crippen MR) is 66.6 cm³/mol. The lowest BCUT2D eigenvalue weighted by molar-refractivity contribution is 0.112. The van der Waals surface area contributed by atoms with Crippen molar-refractivity contribution in [2.75, 3.05) is 19.8 Å². The summed E-state index contributed by atoms with van der Waals surface area (Å²) in [6.45, 7) is 9.04. The van der Waals surface area contributed by atoms with Crippen LogP contribution in [0.2, 0.25) is 0 Å². The van der Waals surface area contributed by atoms with E-state index in [1.165, 1.54) is 11.1 Å². The zero-order chi connectivity index (χ0) is 11.1. The fourth-order valence-corrected chi connectivity index (χ4v) is 2.48. The largest absolute Gasteiger partial charge is 0.379 e. The van der Waals surface area contributed by atoms with Gasteiger partial charge in [-0.1, -0.05) is 13.8 Å². The highest BCUT2D eigenvalue weighted by atomic mass is 32.1. The maximum atomic E-state index is 5.62. The van der Waals surface area contributed by atoms with Crippen LogP contribution >= 0.6 is 11.3 Å². The van der Waals surface area contributed by atoms with Gasteiger partial charge in [0.1, 0.15) is 0 Å². The van der Waals surface area contributed by atoms with Crippen LogP contribution in [-0.2, 0) is 4.74 Å². The lowest BCUT2D eigenvalue weighted by Gasteiger charge is -2.18. The predicted octanol–water partition coefficient (Wildman–Crippen LogP) is 3.13. The third kappa shape index (κ3) is 3.93.